The van der Waals surface area contributed by atoms with Crippen LogP contribution >= 0.6 is 0 Å². The second-order valence-electron chi connectivity index (χ2n) is 7.11. The van der Waals surface area contributed by atoms with Crippen molar-refractivity contribution in [2.45, 2.75) is 45.7 Å². The molecule has 1 saturated heterocycles. The topological polar surface area (TPSA) is 77.8 Å². The first-order valence-electron chi connectivity index (χ1n) is 9.11. The summed E-state index contributed by atoms with van der Waals surface area (Å²) in [4.78, 5) is 2.47. The Labute approximate surface area is 152 Å². The standard InChI is InChI=1S/C18H25N7O/c1-13-16(14(2)26-22-13)11-24-8-4-6-15(10-24)18-21-20-17(23(18)3)12-25-9-5-7-19-25/h5,7,9,15H,4,6,8,10-12H2,1-3H3. The Morgan fingerprint density at radius 2 is 2.12 bits per heavy atom. The summed E-state index contributed by atoms with van der Waals surface area (Å²) in [5, 5.41) is 17.2. The lowest BCUT2D eigenvalue weighted by molar-refractivity contribution is 0.193. The molecule has 0 saturated carbocycles. The molecule has 0 radical (unpaired) electrons. The molecule has 8 nitrogen and oxygen atoms in total. The molecular formula is C18H25N7O. The number of likely N-dealkylation sites (tertiary alicyclic amines) is 1. The monoisotopic (exact) mass is 355 g/mol. The molecule has 0 bridgehead atoms. The Kier molecular flexibility index (Phi) is 4.58. The van der Waals surface area contributed by atoms with Crippen molar-refractivity contribution in [3.8, 4) is 0 Å². The maximum absolute atomic E-state index is 5.31. The van der Waals surface area contributed by atoms with Gasteiger partial charge in [-0.05, 0) is 39.3 Å². The van der Waals surface area contributed by atoms with Crippen molar-refractivity contribution in [1.29, 1.82) is 0 Å². The van der Waals surface area contributed by atoms with Crippen molar-refractivity contribution in [2.75, 3.05) is 13.1 Å². The highest BCUT2D eigenvalue weighted by molar-refractivity contribution is 5.20. The van der Waals surface area contributed by atoms with Gasteiger partial charge < -0.3 is 9.09 Å². The average Bonchev–Trinajstić information content (AvgIpc) is 3.35. The van der Waals surface area contributed by atoms with Gasteiger partial charge in [-0.1, -0.05) is 5.16 Å². The van der Waals surface area contributed by atoms with Gasteiger partial charge in [0.25, 0.3) is 0 Å². The van der Waals surface area contributed by atoms with Gasteiger partial charge >= 0.3 is 0 Å². The molecule has 4 rings (SSSR count). The minimum Gasteiger partial charge on any atom is -0.361 e. The van der Waals surface area contributed by atoms with E-state index in [0.717, 1.165) is 55.6 Å². The summed E-state index contributed by atoms with van der Waals surface area (Å²) in [6, 6.07) is 1.92. The van der Waals surface area contributed by atoms with E-state index in [0.29, 0.717) is 12.5 Å². The zero-order valence-electron chi connectivity index (χ0n) is 15.6. The van der Waals surface area contributed by atoms with Crippen LogP contribution in [0.15, 0.2) is 23.0 Å². The summed E-state index contributed by atoms with van der Waals surface area (Å²) in [6.45, 7) is 7.61. The smallest absolute Gasteiger partial charge is 0.154 e. The fourth-order valence-corrected chi connectivity index (χ4v) is 3.77. The van der Waals surface area contributed by atoms with Crippen molar-refractivity contribution >= 4 is 0 Å². The number of hydrogen-bond acceptors (Lipinski definition) is 6. The van der Waals surface area contributed by atoms with E-state index in [4.69, 9.17) is 4.52 Å². The third-order valence-electron chi connectivity index (χ3n) is 5.29. The van der Waals surface area contributed by atoms with Crippen LogP contribution < -0.4 is 0 Å². The molecule has 0 amide bonds. The Morgan fingerprint density at radius 1 is 1.23 bits per heavy atom. The summed E-state index contributed by atoms with van der Waals surface area (Å²) in [7, 11) is 2.06. The first kappa shape index (κ1) is 17.0. The first-order valence-corrected chi connectivity index (χ1v) is 9.11. The molecular weight excluding hydrogens is 330 g/mol. The lowest BCUT2D eigenvalue weighted by Crippen LogP contribution is -2.35. The lowest BCUT2D eigenvalue weighted by Gasteiger charge is -2.32. The Morgan fingerprint density at radius 3 is 2.85 bits per heavy atom. The van der Waals surface area contributed by atoms with Crippen molar-refractivity contribution in [3.05, 3.63) is 47.1 Å². The maximum Gasteiger partial charge on any atom is 0.154 e. The van der Waals surface area contributed by atoms with E-state index in [-0.39, 0.29) is 0 Å². The zero-order chi connectivity index (χ0) is 18.1. The van der Waals surface area contributed by atoms with E-state index in [1.807, 2.05) is 30.8 Å². The van der Waals surface area contributed by atoms with Gasteiger partial charge in [-0.15, -0.1) is 10.2 Å². The second-order valence-corrected chi connectivity index (χ2v) is 7.11. The fraction of sp³-hybridized carbons (Fsp3) is 0.556. The van der Waals surface area contributed by atoms with E-state index in [9.17, 15) is 0 Å². The predicted octanol–water partition coefficient (Wildman–Crippen LogP) is 2.04. The Bertz CT molecular complexity index is 845. The van der Waals surface area contributed by atoms with Crippen LogP contribution in [-0.2, 0) is 20.1 Å². The van der Waals surface area contributed by atoms with Crippen molar-refractivity contribution in [2.24, 2.45) is 7.05 Å². The molecule has 1 aliphatic rings. The fourth-order valence-electron chi connectivity index (χ4n) is 3.77. The molecule has 0 aliphatic carbocycles. The van der Waals surface area contributed by atoms with E-state index in [2.05, 4.69) is 37.0 Å². The van der Waals surface area contributed by atoms with Crippen LogP contribution in [0.25, 0.3) is 0 Å². The largest absolute Gasteiger partial charge is 0.361 e. The van der Waals surface area contributed by atoms with Crippen LogP contribution in [-0.4, -0.2) is 47.7 Å². The normalized spacial score (nSPS) is 18.5. The number of nitrogens with zero attached hydrogens (tertiary/aromatic N) is 7. The minimum atomic E-state index is 0.396. The number of aryl methyl sites for hydroxylation is 2. The highest BCUT2D eigenvalue weighted by Gasteiger charge is 2.27. The third kappa shape index (κ3) is 3.29. The Hall–Kier alpha value is -2.48. The molecule has 4 heterocycles. The molecule has 138 valence electrons. The number of rotatable bonds is 5. The molecule has 1 unspecified atom stereocenters. The minimum absolute atomic E-state index is 0.396. The third-order valence-corrected chi connectivity index (χ3v) is 5.29. The molecule has 0 aromatic carbocycles. The van der Waals surface area contributed by atoms with Crippen LogP contribution in [0.1, 0.15) is 47.4 Å². The molecule has 0 spiro atoms. The molecule has 1 fully saturated rings. The average molecular weight is 355 g/mol. The molecule has 26 heavy (non-hydrogen) atoms. The Balaban J connectivity index is 1.47. The van der Waals surface area contributed by atoms with Gasteiger partial charge in [0.2, 0.25) is 0 Å². The molecule has 3 aromatic heterocycles. The van der Waals surface area contributed by atoms with Gasteiger partial charge in [0, 0.05) is 44.0 Å². The van der Waals surface area contributed by atoms with Gasteiger partial charge in [0.15, 0.2) is 5.82 Å². The molecule has 1 aliphatic heterocycles. The summed E-state index contributed by atoms with van der Waals surface area (Å²) < 4.78 is 9.31. The quantitative estimate of drug-likeness (QED) is 0.697. The van der Waals surface area contributed by atoms with E-state index in [1.54, 1.807) is 6.20 Å². The highest BCUT2D eigenvalue weighted by atomic mass is 16.5. The summed E-state index contributed by atoms with van der Waals surface area (Å²) in [5.41, 5.74) is 2.20. The van der Waals surface area contributed by atoms with E-state index in [1.165, 1.54) is 5.56 Å². The van der Waals surface area contributed by atoms with Crippen LogP contribution in [0.3, 0.4) is 0 Å². The van der Waals surface area contributed by atoms with Crippen LogP contribution in [0.5, 0.6) is 0 Å². The molecule has 3 aromatic rings. The molecule has 1 atom stereocenters. The SMILES string of the molecule is Cc1noc(C)c1CN1CCCC(c2nnc(Cn3cccn3)n2C)C1. The van der Waals surface area contributed by atoms with Gasteiger partial charge in [-0.2, -0.15) is 5.10 Å². The van der Waals surface area contributed by atoms with Gasteiger partial charge in [0.05, 0.1) is 5.69 Å². The van der Waals surface area contributed by atoms with Crippen molar-refractivity contribution < 1.29 is 4.52 Å². The van der Waals surface area contributed by atoms with E-state index >= 15 is 0 Å². The maximum atomic E-state index is 5.31. The zero-order valence-corrected chi connectivity index (χ0v) is 15.6. The second kappa shape index (κ2) is 7.03. The van der Waals surface area contributed by atoms with E-state index < -0.39 is 0 Å². The highest BCUT2D eigenvalue weighted by Crippen LogP contribution is 2.27. The lowest BCUT2D eigenvalue weighted by atomic mass is 9.96. The predicted molar refractivity (Wildman–Crippen MR) is 95.6 cm³/mol. The summed E-state index contributed by atoms with van der Waals surface area (Å²) in [5.74, 6) is 3.32. The van der Waals surface area contributed by atoms with Gasteiger partial charge in [-0.3, -0.25) is 9.58 Å². The van der Waals surface area contributed by atoms with Crippen LogP contribution in [0.2, 0.25) is 0 Å². The van der Waals surface area contributed by atoms with Crippen LogP contribution in [0.4, 0.5) is 0 Å². The summed E-state index contributed by atoms with van der Waals surface area (Å²) in [6.07, 6.45) is 6.03. The van der Waals surface area contributed by atoms with Gasteiger partial charge in [-0.25, -0.2) is 0 Å². The van der Waals surface area contributed by atoms with Crippen LogP contribution in [0, 0.1) is 13.8 Å². The first-order chi connectivity index (χ1) is 12.6. The summed E-state index contributed by atoms with van der Waals surface area (Å²) >= 11 is 0. The van der Waals surface area contributed by atoms with Gasteiger partial charge in [0.1, 0.15) is 18.1 Å². The molecule has 0 N–H and O–H groups in total. The van der Waals surface area contributed by atoms with Crippen molar-refractivity contribution in [3.63, 3.8) is 0 Å². The number of piperidine rings is 1. The number of aromatic nitrogens is 6. The van der Waals surface area contributed by atoms with Crippen molar-refractivity contribution in [1.82, 2.24) is 34.6 Å². The number of hydrogen-bond donors (Lipinski definition) is 0. The molecule has 8 heteroatoms.